The summed E-state index contributed by atoms with van der Waals surface area (Å²) in [5.74, 6) is 0.975. The van der Waals surface area contributed by atoms with E-state index in [1.165, 1.54) is 16.7 Å². The molecule has 0 saturated heterocycles. The first kappa shape index (κ1) is 15.1. The molecule has 0 atom stereocenters. The summed E-state index contributed by atoms with van der Waals surface area (Å²) in [4.78, 5) is 4.52. The van der Waals surface area contributed by atoms with E-state index in [0.29, 0.717) is 6.04 Å². The molecule has 0 radical (unpaired) electrons. The zero-order valence-electron chi connectivity index (χ0n) is 12.4. The Kier molecular flexibility index (Phi) is 5.62. The lowest BCUT2D eigenvalue weighted by Crippen LogP contribution is -2.21. The van der Waals surface area contributed by atoms with E-state index in [0.717, 1.165) is 17.3 Å². The number of hydrogen-bond donors (Lipinski definition) is 1. The maximum atomic E-state index is 4.52. The Bertz CT molecular complexity index is 535. The number of aryl methyl sites for hydroxylation is 1. The Hall–Kier alpha value is -1.32. The molecule has 2 aromatic rings. The van der Waals surface area contributed by atoms with E-state index >= 15 is 0 Å². The third kappa shape index (κ3) is 4.66. The van der Waals surface area contributed by atoms with Crippen LogP contribution in [0.1, 0.15) is 30.5 Å². The third-order valence-corrected chi connectivity index (χ3v) is 4.14. The number of rotatable bonds is 6. The second-order valence-electron chi connectivity index (χ2n) is 5.26. The lowest BCUT2D eigenvalue weighted by atomic mass is 10.1. The van der Waals surface area contributed by atoms with Crippen LogP contribution in [0.15, 0.2) is 47.6 Å². The fourth-order valence-electron chi connectivity index (χ4n) is 1.85. The molecule has 0 amide bonds. The average molecular weight is 286 g/mol. The van der Waals surface area contributed by atoms with Gasteiger partial charge in [0.2, 0.25) is 0 Å². The molecular formula is C17H22N2S. The summed E-state index contributed by atoms with van der Waals surface area (Å²) >= 11 is 1.79. The van der Waals surface area contributed by atoms with Crippen LogP contribution in [0, 0.1) is 6.92 Å². The smallest absolute Gasteiger partial charge is 0.0963 e. The Morgan fingerprint density at radius 3 is 2.60 bits per heavy atom. The highest BCUT2D eigenvalue weighted by Crippen LogP contribution is 2.22. The Balaban J connectivity index is 1.89. The van der Waals surface area contributed by atoms with Gasteiger partial charge in [-0.15, -0.1) is 11.8 Å². The Morgan fingerprint density at radius 1 is 1.15 bits per heavy atom. The molecule has 2 nitrogen and oxygen atoms in total. The quantitative estimate of drug-likeness (QED) is 0.806. The summed E-state index contributed by atoms with van der Waals surface area (Å²) in [6, 6.07) is 13.3. The summed E-state index contributed by atoms with van der Waals surface area (Å²) in [5, 5.41) is 4.48. The molecule has 106 valence electrons. The van der Waals surface area contributed by atoms with Gasteiger partial charge in [-0.25, -0.2) is 4.98 Å². The van der Waals surface area contributed by atoms with E-state index in [1.807, 2.05) is 6.20 Å². The molecule has 1 heterocycles. The minimum atomic E-state index is 0.505. The van der Waals surface area contributed by atoms with E-state index in [1.54, 1.807) is 11.8 Å². The zero-order chi connectivity index (χ0) is 14.4. The van der Waals surface area contributed by atoms with Crippen molar-refractivity contribution in [3.63, 3.8) is 0 Å². The van der Waals surface area contributed by atoms with Gasteiger partial charge in [0.15, 0.2) is 0 Å². The fraction of sp³-hybridized carbons (Fsp3) is 0.353. The molecule has 0 aliphatic rings. The molecule has 2 rings (SSSR count). The first-order chi connectivity index (χ1) is 9.65. The molecule has 0 saturated carbocycles. The van der Waals surface area contributed by atoms with Crippen molar-refractivity contribution in [1.29, 1.82) is 0 Å². The van der Waals surface area contributed by atoms with E-state index in [9.17, 15) is 0 Å². The summed E-state index contributed by atoms with van der Waals surface area (Å²) in [6.45, 7) is 7.34. The topological polar surface area (TPSA) is 24.9 Å². The van der Waals surface area contributed by atoms with Gasteiger partial charge in [0.05, 0.1) is 5.03 Å². The van der Waals surface area contributed by atoms with Crippen LogP contribution in [0.4, 0.5) is 0 Å². The van der Waals surface area contributed by atoms with E-state index in [2.05, 4.69) is 67.5 Å². The highest BCUT2D eigenvalue weighted by Gasteiger charge is 2.01. The van der Waals surface area contributed by atoms with Crippen molar-refractivity contribution >= 4 is 11.8 Å². The average Bonchev–Trinajstić information content (AvgIpc) is 2.45. The van der Waals surface area contributed by atoms with Gasteiger partial charge in [-0.3, -0.25) is 0 Å². The van der Waals surface area contributed by atoms with Crippen molar-refractivity contribution in [2.45, 2.75) is 44.1 Å². The van der Waals surface area contributed by atoms with Crippen molar-refractivity contribution in [2.75, 3.05) is 0 Å². The largest absolute Gasteiger partial charge is 0.310 e. The second-order valence-corrected chi connectivity index (χ2v) is 6.25. The lowest BCUT2D eigenvalue weighted by Gasteiger charge is -2.08. The van der Waals surface area contributed by atoms with Crippen LogP contribution in [0.5, 0.6) is 0 Å². The number of hydrogen-bond acceptors (Lipinski definition) is 3. The number of nitrogens with zero attached hydrogens (tertiary/aromatic N) is 1. The van der Waals surface area contributed by atoms with Gasteiger partial charge >= 0.3 is 0 Å². The molecule has 0 aliphatic heterocycles. The maximum Gasteiger partial charge on any atom is 0.0963 e. The molecule has 1 N–H and O–H groups in total. The van der Waals surface area contributed by atoms with Gasteiger partial charge in [-0.05, 0) is 29.7 Å². The third-order valence-electron chi connectivity index (χ3n) is 3.15. The number of benzene rings is 1. The van der Waals surface area contributed by atoms with E-state index in [-0.39, 0.29) is 0 Å². The second kappa shape index (κ2) is 7.46. The highest BCUT2D eigenvalue weighted by molar-refractivity contribution is 7.98. The van der Waals surface area contributed by atoms with Crippen molar-refractivity contribution in [3.8, 4) is 0 Å². The monoisotopic (exact) mass is 286 g/mol. The van der Waals surface area contributed by atoms with E-state index in [4.69, 9.17) is 0 Å². The highest BCUT2D eigenvalue weighted by atomic mass is 32.2. The lowest BCUT2D eigenvalue weighted by molar-refractivity contribution is 0.587. The van der Waals surface area contributed by atoms with Crippen LogP contribution in [0.25, 0.3) is 0 Å². The van der Waals surface area contributed by atoms with Crippen LogP contribution in [-0.4, -0.2) is 11.0 Å². The van der Waals surface area contributed by atoms with Crippen LogP contribution in [-0.2, 0) is 12.3 Å². The first-order valence-electron chi connectivity index (χ1n) is 7.01. The van der Waals surface area contributed by atoms with Gasteiger partial charge in [0.1, 0.15) is 0 Å². The van der Waals surface area contributed by atoms with Crippen LogP contribution in [0.2, 0.25) is 0 Å². The van der Waals surface area contributed by atoms with Gasteiger partial charge in [-0.2, -0.15) is 0 Å². The summed E-state index contributed by atoms with van der Waals surface area (Å²) in [5.41, 5.74) is 3.96. The molecule has 20 heavy (non-hydrogen) atoms. The predicted molar refractivity (Wildman–Crippen MR) is 87.0 cm³/mol. The SMILES string of the molecule is Cc1ccccc1CSc1ccc(CNC(C)C)cn1. The minimum Gasteiger partial charge on any atom is -0.310 e. The predicted octanol–water partition coefficient (Wildman–Crippen LogP) is 4.18. The zero-order valence-corrected chi connectivity index (χ0v) is 13.2. The van der Waals surface area contributed by atoms with Crippen molar-refractivity contribution in [3.05, 3.63) is 59.3 Å². The molecule has 0 unspecified atom stereocenters. The number of aromatic nitrogens is 1. The molecule has 0 bridgehead atoms. The Morgan fingerprint density at radius 2 is 1.95 bits per heavy atom. The van der Waals surface area contributed by atoms with E-state index < -0.39 is 0 Å². The number of thioether (sulfide) groups is 1. The van der Waals surface area contributed by atoms with Gasteiger partial charge < -0.3 is 5.32 Å². The minimum absolute atomic E-state index is 0.505. The van der Waals surface area contributed by atoms with Gasteiger partial charge in [-0.1, -0.05) is 44.2 Å². The van der Waals surface area contributed by atoms with Gasteiger partial charge in [0, 0.05) is 24.5 Å². The normalized spacial score (nSPS) is 11.0. The van der Waals surface area contributed by atoms with Crippen LogP contribution < -0.4 is 5.32 Å². The molecule has 1 aromatic carbocycles. The molecular weight excluding hydrogens is 264 g/mol. The standard InChI is InChI=1S/C17H22N2S/c1-13(2)18-10-15-8-9-17(19-11-15)20-12-16-7-5-4-6-14(16)3/h4-9,11,13,18H,10,12H2,1-3H3. The van der Waals surface area contributed by atoms with Crippen LogP contribution >= 0.6 is 11.8 Å². The molecule has 3 heteroatoms. The van der Waals surface area contributed by atoms with Crippen molar-refractivity contribution in [2.24, 2.45) is 0 Å². The molecule has 0 aliphatic carbocycles. The fourth-order valence-corrected chi connectivity index (χ4v) is 2.77. The van der Waals surface area contributed by atoms with Gasteiger partial charge in [0.25, 0.3) is 0 Å². The maximum absolute atomic E-state index is 4.52. The summed E-state index contributed by atoms with van der Waals surface area (Å²) < 4.78 is 0. The van der Waals surface area contributed by atoms with Crippen LogP contribution in [0.3, 0.4) is 0 Å². The summed E-state index contributed by atoms with van der Waals surface area (Å²) in [7, 11) is 0. The number of nitrogens with one attached hydrogen (secondary N) is 1. The molecule has 0 fully saturated rings. The molecule has 0 spiro atoms. The number of pyridine rings is 1. The van der Waals surface area contributed by atoms with Crippen molar-refractivity contribution in [1.82, 2.24) is 10.3 Å². The first-order valence-corrected chi connectivity index (χ1v) is 7.99. The Labute approximate surface area is 126 Å². The van der Waals surface area contributed by atoms with Crippen molar-refractivity contribution < 1.29 is 0 Å². The molecule has 1 aromatic heterocycles. The summed E-state index contributed by atoms with van der Waals surface area (Å²) in [6.07, 6.45) is 1.97.